The van der Waals surface area contributed by atoms with E-state index in [-0.39, 0.29) is 12.3 Å². The molecule has 9 heteroatoms. The second kappa shape index (κ2) is 8.30. The lowest BCUT2D eigenvalue weighted by Gasteiger charge is -2.25. The van der Waals surface area contributed by atoms with Crippen LogP contribution in [0.3, 0.4) is 0 Å². The number of carbonyl (C=O) groups is 1. The number of nitrogens with one attached hydrogen (secondary N) is 1. The van der Waals surface area contributed by atoms with Gasteiger partial charge in [0.15, 0.2) is 0 Å². The van der Waals surface area contributed by atoms with Gasteiger partial charge in [0.25, 0.3) is 10.0 Å². The van der Waals surface area contributed by atoms with E-state index in [2.05, 4.69) is 21.2 Å². The van der Waals surface area contributed by atoms with Gasteiger partial charge in [-0.25, -0.2) is 8.42 Å². The van der Waals surface area contributed by atoms with E-state index in [0.717, 1.165) is 32.8 Å². The van der Waals surface area contributed by atoms with Crippen molar-refractivity contribution in [2.75, 3.05) is 13.1 Å². The van der Waals surface area contributed by atoms with Crippen LogP contribution in [0.4, 0.5) is 0 Å². The molecule has 136 valence electrons. The van der Waals surface area contributed by atoms with Gasteiger partial charge in [-0.05, 0) is 53.0 Å². The first kappa shape index (κ1) is 19.0. The zero-order valence-electron chi connectivity index (χ0n) is 13.5. The largest absolute Gasteiger partial charge is 0.351 e. The number of amides is 1. The fourth-order valence-electron chi connectivity index (χ4n) is 2.68. The maximum Gasteiger partial charge on any atom is 0.252 e. The first-order chi connectivity index (χ1) is 11.9. The summed E-state index contributed by atoms with van der Waals surface area (Å²) in [4.78, 5) is 13.9. The van der Waals surface area contributed by atoms with Crippen LogP contribution in [0.15, 0.2) is 32.3 Å². The zero-order valence-corrected chi connectivity index (χ0v) is 17.6. The fourth-order valence-corrected chi connectivity index (χ4v) is 7.13. The number of piperidine rings is 1. The lowest BCUT2D eigenvalue weighted by Crippen LogP contribution is -2.35. The number of nitrogens with zero attached hydrogens (tertiary/aromatic N) is 1. The highest BCUT2D eigenvalue weighted by Crippen LogP contribution is 2.27. The van der Waals surface area contributed by atoms with Crippen molar-refractivity contribution in [2.45, 2.75) is 36.4 Å². The molecule has 0 saturated carbocycles. The van der Waals surface area contributed by atoms with Crippen LogP contribution in [0.2, 0.25) is 0 Å². The van der Waals surface area contributed by atoms with Crippen LogP contribution >= 0.6 is 38.6 Å². The molecule has 1 aliphatic rings. The highest BCUT2D eigenvalue weighted by atomic mass is 79.9. The molecule has 0 aromatic carbocycles. The summed E-state index contributed by atoms with van der Waals surface area (Å²) in [5, 5.41) is 2.87. The fraction of sp³-hybridized carbons (Fsp3) is 0.438. The lowest BCUT2D eigenvalue weighted by atomic mass is 10.2. The van der Waals surface area contributed by atoms with Crippen LogP contribution in [0.5, 0.6) is 0 Å². The summed E-state index contributed by atoms with van der Waals surface area (Å²) in [5.74, 6) is -0.103. The predicted octanol–water partition coefficient (Wildman–Crippen LogP) is 3.61. The standard InChI is InChI=1S/C16H19BrN2O3S3/c17-14-6-4-13(23-14)11-18-15(20)10-12-5-7-16(24-12)25(21,22)19-8-2-1-3-9-19/h4-7H,1-3,8-11H2,(H,18,20). The van der Waals surface area contributed by atoms with E-state index in [9.17, 15) is 13.2 Å². The van der Waals surface area contributed by atoms with Gasteiger partial charge < -0.3 is 5.32 Å². The number of thiophene rings is 2. The first-order valence-electron chi connectivity index (χ1n) is 8.05. The van der Waals surface area contributed by atoms with Gasteiger partial charge >= 0.3 is 0 Å². The van der Waals surface area contributed by atoms with Crippen LogP contribution < -0.4 is 5.32 Å². The molecule has 3 rings (SSSR count). The van der Waals surface area contributed by atoms with E-state index in [1.807, 2.05) is 12.1 Å². The van der Waals surface area contributed by atoms with Crippen molar-refractivity contribution >= 4 is 54.5 Å². The number of hydrogen-bond acceptors (Lipinski definition) is 5. The van der Waals surface area contributed by atoms with Gasteiger partial charge in [0.2, 0.25) is 5.91 Å². The third-order valence-corrected chi connectivity index (χ3v) is 9.04. The maximum absolute atomic E-state index is 12.6. The quantitative estimate of drug-likeness (QED) is 0.712. The molecule has 1 fully saturated rings. The summed E-state index contributed by atoms with van der Waals surface area (Å²) < 4.78 is 28.2. The average Bonchev–Trinajstić information content (AvgIpc) is 3.23. The van der Waals surface area contributed by atoms with Gasteiger partial charge in [0.1, 0.15) is 4.21 Å². The minimum absolute atomic E-state index is 0.103. The molecule has 1 aliphatic heterocycles. The monoisotopic (exact) mass is 462 g/mol. The smallest absolute Gasteiger partial charge is 0.252 e. The third kappa shape index (κ3) is 4.91. The van der Waals surface area contributed by atoms with Gasteiger partial charge in [-0.2, -0.15) is 4.31 Å². The molecule has 1 saturated heterocycles. The molecule has 5 nitrogen and oxygen atoms in total. The molecule has 0 aliphatic carbocycles. The molecule has 1 amide bonds. The van der Waals surface area contributed by atoms with E-state index < -0.39 is 10.0 Å². The van der Waals surface area contributed by atoms with E-state index >= 15 is 0 Å². The minimum atomic E-state index is -3.41. The van der Waals surface area contributed by atoms with Gasteiger partial charge in [-0.3, -0.25) is 4.79 Å². The van der Waals surface area contributed by atoms with Crippen LogP contribution in [-0.2, 0) is 27.8 Å². The summed E-state index contributed by atoms with van der Waals surface area (Å²) in [5.41, 5.74) is 0. The van der Waals surface area contributed by atoms with Crippen LogP contribution in [0.25, 0.3) is 0 Å². The predicted molar refractivity (Wildman–Crippen MR) is 104 cm³/mol. The number of hydrogen-bond donors (Lipinski definition) is 1. The molecule has 3 heterocycles. The summed E-state index contributed by atoms with van der Waals surface area (Å²) >= 11 is 6.16. The van der Waals surface area contributed by atoms with Gasteiger partial charge in [0.05, 0.1) is 16.8 Å². The van der Waals surface area contributed by atoms with Crippen molar-refractivity contribution in [3.05, 3.63) is 37.8 Å². The first-order valence-corrected chi connectivity index (χ1v) is 11.9. The van der Waals surface area contributed by atoms with Crippen molar-refractivity contribution in [2.24, 2.45) is 0 Å². The summed E-state index contributed by atoms with van der Waals surface area (Å²) in [6.45, 7) is 1.66. The summed E-state index contributed by atoms with van der Waals surface area (Å²) in [6.07, 6.45) is 3.12. The Kier molecular flexibility index (Phi) is 6.32. The zero-order chi connectivity index (χ0) is 17.9. The lowest BCUT2D eigenvalue weighted by molar-refractivity contribution is -0.120. The molecule has 0 atom stereocenters. The van der Waals surface area contributed by atoms with Gasteiger partial charge in [0, 0.05) is 22.8 Å². The summed E-state index contributed by atoms with van der Waals surface area (Å²) in [6, 6.07) is 7.27. The molecule has 25 heavy (non-hydrogen) atoms. The Morgan fingerprint density at radius 3 is 2.48 bits per heavy atom. The molecule has 0 unspecified atom stereocenters. The van der Waals surface area contributed by atoms with Crippen molar-refractivity contribution in [1.82, 2.24) is 9.62 Å². The molecule has 1 N–H and O–H groups in total. The highest BCUT2D eigenvalue weighted by Gasteiger charge is 2.27. The molecule has 2 aromatic rings. The third-order valence-electron chi connectivity index (χ3n) is 3.97. The van der Waals surface area contributed by atoms with Crippen LogP contribution in [-0.4, -0.2) is 31.7 Å². The molecule has 2 aromatic heterocycles. The van der Waals surface area contributed by atoms with Crippen molar-refractivity contribution in [3.8, 4) is 0 Å². The van der Waals surface area contributed by atoms with E-state index in [4.69, 9.17) is 0 Å². The number of halogens is 1. The van der Waals surface area contributed by atoms with Crippen LogP contribution in [0, 0.1) is 0 Å². The van der Waals surface area contributed by atoms with E-state index in [0.29, 0.717) is 23.8 Å². The Hall–Kier alpha value is -0.740. The Labute approximate surface area is 164 Å². The molecular formula is C16H19BrN2O3S3. The summed E-state index contributed by atoms with van der Waals surface area (Å²) in [7, 11) is -3.41. The van der Waals surface area contributed by atoms with Gasteiger partial charge in [-0.1, -0.05) is 6.42 Å². The molecular weight excluding hydrogens is 444 g/mol. The molecule has 0 bridgehead atoms. The van der Waals surface area contributed by atoms with Crippen molar-refractivity contribution < 1.29 is 13.2 Å². The molecule has 0 radical (unpaired) electrons. The van der Waals surface area contributed by atoms with Crippen molar-refractivity contribution in [3.63, 3.8) is 0 Å². The van der Waals surface area contributed by atoms with E-state index in [1.54, 1.807) is 27.8 Å². The Morgan fingerprint density at radius 2 is 1.80 bits per heavy atom. The normalized spacial score (nSPS) is 16.0. The molecule has 0 spiro atoms. The SMILES string of the molecule is O=C(Cc1ccc(S(=O)(=O)N2CCCCC2)s1)NCc1ccc(Br)s1. The van der Waals surface area contributed by atoms with Crippen LogP contribution in [0.1, 0.15) is 29.0 Å². The number of rotatable bonds is 6. The topological polar surface area (TPSA) is 66.5 Å². The second-order valence-electron chi connectivity index (χ2n) is 5.84. The van der Waals surface area contributed by atoms with E-state index in [1.165, 1.54) is 11.3 Å². The highest BCUT2D eigenvalue weighted by molar-refractivity contribution is 9.11. The Morgan fingerprint density at radius 1 is 1.08 bits per heavy atom. The Balaban J connectivity index is 1.58. The second-order valence-corrected chi connectivity index (χ2v) is 11.7. The Bertz CT molecular complexity index is 838. The van der Waals surface area contributed by atoms with Crippen molar-refractivity contribution in [1.29, 1.82) is 0 Å². The number of sulfonamides is 1. The number of carbonyl (C=O) groups excluding carboxylic acids is 1. The van der Waals surface area contributed by atoms with Gasteiger partial charge in [-0.15, -0.1) is 22.7 Å². The minimum Gasteiger partial charge on any atom is -0.351 e. The maximum atomic E-state index is 12.6. The average molecular weight is 463 g/mol.